The molecular weight excluding hydrogens is 346 g/mol. The van der Waals surface area contributed by atoms with Crippen molar-refractivity contribution in [3.05, 3.63) is 62.8 Å². The lowest BCUT2D eigenvalue weighted by Crippen LogP contribution is -1.96. The number of benzene rings is 1. The predicted octanol–water partition coefficient (Wildman–Crippen LogP) is 4.32. The number of hydrogen-bond acceptors (Lipinski definition) is 2. The highest BCUT2D eigenvalue weighted by molar-refractivity contribution is 9.10. The Morgan fingerprint density at radius 3 is 2.53 bits per heavy atom. The monoisotopic (exact) mass is 355 g/mol. The quantitative estimate of drug-likeness (QED) is 0.813. The van der Waals surface area contributed by atoms with Crippen molar-refractivity contribution in [3.8, 4) is 0 Å². The SMILES string of the molecule is Brc1ccc(COCc2ccccc2Br)nc1. The molecule has 1 aromatic carbocycles. The molecule has 88 valence electrons. The molecule has 4 heteroatoms. The Labute approximate surface area is 117 Å². The lowest BCUT2D eigenvalue weighted by atomic mass is 10.2. The smallest absolute Gasteiger partial charge is 0.0892 e. The van der Waals surface area contributed by atoms with Gasteiger partial charge >= 0.3 is 0 Å². The Hall–Kier alpha value is -0.710. The van der Waals surface area contributed by atoms with E-state index in [1.807, 2.05) is 36.4 Å². The summed E-state index contributed by atoms with van der Waals surface area (Å²) in [4.78, 5) is 4.25. The van der Waals surface area contributed by atoms with E-state index >= 15 is 0 Å². The lowest BCUT2D eigenvalue weighted by molar-refractivity contribution is 0.104. The molecule has 0 aliphatic heterocycles. The highest BCUT2D eigenvalue weighted by Crippen LogP contribution is 2.17. The second-order valence-electron chi connectivity index (χ2n) is 3.55. The second kappa shape index (κ2) is 6.28. The van der Waals surface area contributed by atoms with Crippen molar-refractivity contribution in [2.24, 2.45) is 0 Å². The van der Waals surface area contributed by atoms with E-state index < -0.39 is 0 Å². The molecule has 0 aliphatic carbocycles. The Kier molecular flexibility index (Phi) is 4.71. The van der Waals surface area contributed by atoms with Crippen LogP contribution in [0.5, 0.6) is 0 Å². The van der Waals surface area contributed by atoms with Crippen molar-refractivity contribution in [3.63, 3.8) is 0 Å². The van der Waals surface area contributed by atoms with E-state index in [1.54, 1.807) is 6.20 Å². The van der Waals surface area contributed by atoms with Gasteiger partial charge in [0.15, 0.2) is 0 Å². The number of hydrogen-bond donors (Lipinski definition) is 0. The van der Waals surface area contributed by atoms with Gasteiger partial charge in [-0.05, 0) is 39.7 Å². The normalized spacial score (nSPS) is 10.5. The van der Waals surface area contributed by atoms with Crippen molar-refractivity contribution in [2.45, 2.75) is 13.2 Å². The lowest BCUT2D eigenvalue weighted by Gasteiger charge is -2.05. The summed E-state index contributed by atoms with van der Waals surface area (Å²) in [7, 11) is 0. The van der Waals surface area contributed by atoms with Gasteiger partial charge in [0, 0.05) is 15.1 Å². The van der Waals surface area contributed by atoms with Gasteiger partial charge in [-0.25, -0.2) is 0 Å². The first-order valence-electron chi connectivity index (χ1n) is 5.17. The topological polar surface area (TPSA) is 22.1 Å². The molecule has 0 saturated heterocycles. The van der Waals surface area contributed by atoms with Crippen LogP contribution in [-0.4, -0.2) is 4.98 Å². The zero-order valence-electron chi connectivity index (χ0n) is 9.07. The molecule has 1 aromatic heterocycles. The highest BCUT2D eigenvalue weighted by atomic mass is 79.9. The van der Waals surface area contributed by atoms with Gasteiger partial charge in [0.05, 0.1) is 18.9 Å². The number of pyridine rings is 1. The fraction of sp³-hybridized carbons (Fsp3) is 0.154. The van der Waals surface area contributed by atoms with E-state index in [0.29, 0.717) is 13.2 Å². The van der Waals surface area contributed by atoms with Crippen molar-refractivity contribution in [1.82, 2.24) is 4.98 Å². The van der Waals surface area contributed by atoms with Crippen LogP contribution in [-0.2, 0) is 18.0 Å². The molecule has 0 unspecified atom stereocenters. The Bertz CT molecular complexity index is 485. The molecule has 2 rings (SSSR count). The summed E-state index contributed by atoms with van der Waals surface area (Å²) in [5, 5.41) is 0. The number of halogens is 2. The molecule has 2 nitrogen and oxygen atoms in total. The van der Waals surface area contributed by atoms with Crippen LogP contribution in [0.2, 0.25) is 0 Å². The molecule has 0 amide bonds. The predicted molar refractivity (Wildman–Crippen MR) is 74.6 cm³/mol. The summed E-state index contributed by atoms with van der Waals surface area (Å²) in [5.41, 5.74) is 2.07. The van der Waals surface area contributed by atoms with Crippen LogP contribution in [0, 0.1) is 0 Å². The van der Waals surface area contributed by atoms with Crippen molar-refractivity contribution in [1.29, 1.82) is 0 Å². The Morgan fingerprint density at radius 1 is 1.00 bits per heavy atom. The first kappa shape index (κ1) is 12.7. The molecule has 1 heterocycles. The van der Waals surface area contributed by atoms with E-state index in [-0.39, 0.29) is 0 Å². The van der Waals surface area contributed by atoms with E-state index in [1.165, 1.54) is 0 Å². The molecule has 0 fully saturated rings. The Balaban J connectivity index is 1.88. The van der Waals surface area contributed by atoms with Gasteiger partial charge in [-0.15, -0.1) is 0 Å². The molecule has 17 heavy (non-hydrogen) atoms. The van der Waals surface area contributed by atoms with Gasteiger partial charge in [0.2, 0.25) is 0 Å². The number of rotatable bonds is 4. The van der Waals surface area contributed by atoms with Gasteiger partial charge in [-0.2, -0.15) is 0 Å². The first-order valence-corrected chi connectivity index (χ1v) is 6.76. The standard InChI is InChI=1S/C13H11Br2NO/c14-11-5-6-12(16-7-11)9-17-8-10-3-1-2-4-13(10)15/h1-7H,8-9H2. The third-order valence-corrected chi connectivity index (χ3v) is 3.50. The number of ether oxygens (including phenoxy) is 1. The van der Waals surface area contributed by atoms with E-state index in [9.17, 15) is 0 Å². The zero-order chi connectivity index (χ0) is 12.1. The minimum absolute atomic E-state index is 0.522. The maximum atomic E-state index is 5.62. The van der Waals surface area contributed by atoms with Crippen LogP contribution in [0.25, 0.3) is 0 Å². The highest BCUT2D eigenvalue weighted by Gasteiger charge is 1.99. The van der Waals surface area contributed by atoms with Crippen molar-refractivity contribution in [2.75, 3.05) is 0 Å². The van der Waals surface area contributed by atoms with Gasteiger partial charge in [-0.1, -0.05) is 34.1 Å². The summed E-state index contributed by atoms with van der Waals surface area (Å²) in [6.07, 6.45) is 1.77. The van der Waals surface area contributed by atoms with Crippen LogP contribution in [0.15, 0.2) is 51.5 Å². The van der Waals surface area contributed by atoms with Crippen molar-refractivity contribution >= 4 is 31.9 Å². The van der Waals surface area contributed by atoms with E-state index in [4.69, 9.17) is 4.74 Å². The fourth-order valence-electron chi connectivity index (χ4n) is 1.37. The number of aromatic nitrogens is 1. The Morgan fingerprint density at radius 2 is 1.82 bits per heavy atom. The maximum absolute atomic E-state index is 5.62. The molecule has 0 bridgehead atoms. The van der Waals surface area contributed by atoms with Crippen LogP contribution in [0.3, 0.4) is 0 Å². The first-order chi connectivity index (χ1) is 8.25. The third-order valence-electron chi connectivity index (χ3n) is 2.25. The van der Waals surface area contributed by atoms with Crippen LogP contribution < -0.4 is 0 Å². The van der Waals surface area contributed by atoms with E-state index in [0.717, 1.165) is 20.2 Å². The maximum Gasteiger partial charge on any atom is 0.0892 e. The third kappa shape index (κ3) is 3.91. The molecule has 0 atom stereocenters. The summed E-state index contributed by atoms with van der Waals surface area (Å²) in [6, 6.07) is 12.0. The largest absolute Gasteiger partial charge is 0.370 e. The minimum Gasteiger partial charge on any atom is -0.370 e. The summed E-state index contributed by atoms with van der Waals surface area (Å²) >= 11 is 6.84. The number of nitrogens with zero attached hydrogens (tertiary/aromatic N) is 1. The molecular formula is C13H11Br2NO. The van der Waals surface area contributed by atoms with Gasteiger partial charge in [0.25, 0.3) is 0 Å². The molecule has 0 saturated carbocycles. The fourth-order valence-corrected chi connectivity index (χ4v) is 2.01. The molecule has 0 radical (unpaired) electrons. The second-order valence-corrected chi connectivity index (χ2v) is 5.32. The molecule has 0 spiro atoms. The van der Waals surface area contributed by atoms with Gasteiger partial charge < -0.3 is 4.74 Å². The summed E-state index contributed by atoms with van der Waals surface area (Å²) in [6.45, 7) is 1.10. The van der Waals surface area contributed by atoms with E-state index in [2.05, 4.69) is 36.8 Å². The van der Waals surface area contributed by atoms with Crippen LogP contribution in [0.4, 0.5) is 0 Å². The summed E-state index contributed by atoms with van der Waals surface area (Å²) in [5.74, 6) is 0. The molecule has 2 aromatic rings. The van der Waals surface area contributed by atoms with Crippen LogP contribution in [0.1, 0.15) is 11.3 Å². The average molecular weight is 357 g/mol. The van der Waals surface area contributed by atoms with Gasteiger partial charge in [-0.3, -0.25) is 4.98 Å². The summed E-state index contributed by atoms with van der Waals surface area (Å²) < 4.78 is 7.67. The zero-order valence-corrected chi connectivity index (χ0v) is 12.2. The molecule has 0 aliphatic rings. The molecule has 0 N–H and O–H groups in total. The average Bonchev–Trinajstić information content (AvgIpc) is 2.34. The van der Waals surface area contributed by atoms with Crippen molar-refractivity contribution < 1.29 is 4.74 Å². The van der Waals surface area contributed by atoms with Crippen LogP contribution >= 0.6 is 31.9 Å². The van der Waals surface area contributed by atoms with Gasteiger partial charge in [0.1, 0.15) is 0 Å². The minimum atomic E-state index is 0.522.